The van der Waals surface area contributed by atoms with Crippen LogP contribution in [0.2, 0.25) is 0 Å². The van der Waals surface area contributed by atoms with Crippen molar-refractivity contribution in [3.63, 3.8) is 0 Å². The number of likely N-dealkylation sites (N-methyl/N-ethyl adjacent to an activating group) is 1. The van der Waals surface area contributed by atoms with Crippen molar-refractivity contribution in [2.24, 2.45) is 0 Å². The van der Waals surface area contributed by atoms with Crippen molar-refractivity contribution in [2.45, 2.75) is 25.5 Å². The van der Waals surface area contributed by atoms with Gasteiger partial charge in [-0.25, -0.2) is 0 Å². The summed E-state index contributed by atoms with van der Waals surface area (Å²) in [6, 6.07) is 0.226. The van der Waals surface area contributed by atoms with Crippen LogP contribution in [-0.4, -0.2) is 51.2 Å². The van der Waals surface area contributed by atoms with Crippen molar-refractivity contribution in [2.75, 3.05) is 34.0 Å². The molecule has 80 valence electrons. The first-order valence-electron chi connectivity index (χ1n) is 4.63. The minimum atomic E-state index is 0.111. The predicted molar refractivity (Wildman–Crippen MR) is 51.8 cm³/mol. The van der Waals surface area contributed by atoms with Crippen LogP contribution >= 0.6 is 0 Å². The Balaban J connectivity index is 3.46. The van der Waals surface area contributed by atoms with Crippen molar-refractivity contribution in [3.8, 4) is 0 Å². The van der Waals surface area contributed by atoms with Crippen molar-refractivity contribution in [1.29, 1.82) is 0 Å². The van der Waals surface area contributed by atoms with E-state index in [0.29, 0.717) is 13.2 Å². The van der Waals surface area contributed by atoms with E-state index in [1.54, 1.807) is 7.11 Å². The topological polar surface area (TPSA) is 50.7 Å². The van der Waals surface area contributed by atoms with Crippen molar-refractivity contribution in [1.82, 2.24) is 5.32 Å². The van der Waals surface area contributed by atoms with Gasteiger partial charge in [0.25, 0.3) is 0 Å². The maximum atomic E-state index is 8.72. The summed E-state index contributed by atoms with van der Waals surface area (Å²) < 4.78 is 10.4. The molecule has 0 aromatic heterocycles. The second kappa shape index (κ2) is 8.44. The minimum Gasteiger partial charge on any atom is -0.396 e. The second-order valence-corrected chi connectivity index (χ2v) is 3.10. The SMILES string of the molecule is CNC(CCO)COC(C)COC. The van der Waals surface area contributed by atoms with Crippen LogP contribution in [0, 0.1) is 0 Å². The monoisotopic (exact) mass is 191 g/mol. The Bertz CT molecular complexity index is 111. The number of nitrogens with one attached hydrogen (secondary N) is 1. The van der Waals surface area contributed by atoms with E-state index in [1.807, 2.05) is 14.0 Å². The molecule has 0 aliphatic rings. The molecule has 0 rings (SSSR count). The molecule has 0 spiro atoms. The van der Waals surface area contributed by atoms with Crippen LogP contribution in [0.1, 0.15) is 13.3 Å². The first-order valence-corrected chi connectivity index (χ1v) is 4.63. The quantitative estimate of drug-likeness (QED) is 0.567. The van der Waals surface area contributed by atoms with Gasteiger partial charge in [-0.3, -0.25) is 0 Å². The van der Waals surface area contributed by atoms with Crippen molar-refractivity contribution in [3.05, 3.63) is 0 Å². The van der Waals surface area contributed by atoms with Gasteiger partial charge in [0.2, 0.25) is 0 Å². The van der Waals surface area contributed by atoms with E-state index in [1.165, 1.54) is 0 Å². The van der Waals surface area contributed by atoms with E-state index < -0.39 is 0 Å². The summed E-state index contributed by atoms with van der Waals surface area (Å²) in [7, 11) is 3.52. The molecule has 2 unspecified atom stereocenters. The normalized spacial score (nSPS) is 15.7. The smallest absolute Gasteiger partial charge is 0.0781 e. The van der Waals surface area contributed by atoms with Gasteiger partial charge < -0.3 is 19.9 Å². The molecular weight excluding hydrogens is 170 g/mol. The number of hydrogen-bond donors (Lipinski definition) is 2. The number of rotatable bonds is 8. The van der Waals surface area contributed by atoms with Crippen LogP contribution in [0.15, 0.2) is 0 Å². The van der Waals surface area contributed by atoms with Gasteiger partial charge in [0.15, 0.2) is 0 Å². The zero-order chi connectivity index (χ0) is 10.1. The van der Waals surface area contributed by atoms with E-state index in [4.69, 9.17) is 14.6 Å². The molecule has 0 amide bonds. The lowest BCUT2D eigenvalue weighted by Crippen LogP contribution is -2.33. The van der Waals surface area contributed by atoms with Crippen LogP contribution in [0.3, 0.4) is 0 Å². The van der Waals surface area contributed by atoms with Crippen LogP contribution in [-0.2, 0) is 9.47 Å². The fraction of sp³-hybridized carbons (Fsp3) is 1.00. The third-order valence-electron chi connectivity index (χ3n) is 1.87. The summed E-state index contributed by atoms with van der Waals surface area (Å²) in [5, 5.41) is 11.8. The Morgan fingerprint density at radius 3 is 2.54 bits per heavy atom. The predicted octanol–water partition coefficient (Wildman–Crippen LogP) is 0.00830. The molecule has 0 aromatic carbocycles. The number of aliphatic hydroxyl groups excluding tert-OH is 1. The first-order chi connectivity index (χ1) is 6.24. The number of aliphatic hydroxyl groups is 1. The van der Waals surface area contributed by atoms with Crippen LogP contribution in [0.5, 0.6) is 0 Å². The highest BCUT2D eigenvalue weighted by Crippen LogP contribution is 1.96. The number of ether oxygens (including phenoxy) is 2. The Morgan fingerprint density at radius 2 is 2.08 bits per heavy atom. The fourth-order valence-electron chi connectivity index (χ4n) is 1.03. The molecule has 0 aliphatic carbocycles. The molecule has 0 aliphatic heterocycles. The van der Waals surface area contributed by atoms with Crippen LogP contribution in [0.25, 0.3) is 0 Å². The van der Waals surface area contributed by atoms with Crippen LogP contribution < -0.4 is 5.32 Å². The van der Waals surface area contributed by atoms with Gasteiger partial charge in [-0.05, 0) is 20.4 Å². The van der Waals surface area contributed by atoms with Crippen molar-refractivity contribution >= 4 is 0 Å². The lowest BCUT2D eigenvalue weighted by molar-refractivity contribution is -0.00185. The van der Waals surface area contributed by atoms with E-state index >= 15 is 0 Å². The fourth-order valence-corrected chi connectivity index (χ4v) is 1.03. The molecule has 4 heteroatoms. The summed E-state index contributed by atoms with van der Waals surface area (Å²) in [6.45, 7) is 3.37. The molecule has 0 saturated heterocycles. The van der Waals surface area contributed by atoms with E-state index in [0.717, 1.165) is 6.42 Å². The zero-order valence-corrected chi connectivity index (χ0v) is 8.75. The number of methoxy groups -OCH3 is 1. The Morgan fingerprint density at radius 1 is 1.38 bits per heavy atom. The summed E-state index contributed by atoms with van der Waals surface area (Å²) in [5.74, 6) is 0. The van der Waals surface area contributed by atoms with Gasteiger partial charge in [-0.15, -0.1) is 0 Å². The highest BCUT2D eigenvalue weighted by Gasteiger charge is 2.08. The maximum absolute atomic E-state index is 8.72. The molecule has 0 fully saturated rings. The van der Waals surface area contributed by atoms with Crippen LogP contribution in [0.4, 0.5) is 0 Å². The highest BCUT2D eigenvalue weighted by molar-refractivity contribution is 4.63. The van der Waals surface area contributed by atoms with Gasteiger partial charge in [0, 0.05) is 19.8 Å². The molecule has 0 saturated carbocycles. The lowest BCUT2D eigenvalue weighted by atomic mass is 10.2. The summed E-state index contributed by atoms with van der Waals surface area (Å²) in [4.78, 5) is 0. The Hall–Kier alpha value is -0.160. The molecule has 0 aromatic rings. The van der Waals surface area contributed by atoms with E-state index in [-0.39, 0.29) is 18.8 Å². The minimum absolute atomic E-state index is 0.111. The van der Waals surface area contributed by atoms with Gasteiger partial charge in [-0.1, -0.05) is 0 Å². The molecule has 2 atom stereocenters. The maximum Gasteiger partial charge on any atom is 0.0781 e. The average molecular weight is 191 g/mol. The first kappa shape index (κ1) is 12.8. The summed E-state index contributed by atoms with van der Waals surface area (Å²) in [6.07, 6.45) is 0.829. The zero-order valence-electron chi connectivity index (χ0n) is 8.75. The third-order valence-corrected chi connectivity index (χ3v) is 1.87. The van der Waals surface area contributed by atoms with Gasteiger partial charge in [0.1, 0.15) is 0 Å². The van der Waals surface area contributed by atoms with E-state index in [9.17, 15) is 0 Å². The molecule has 0 radical (unpaired) electrons. The molecule has 0 heterocycles. The molecule has 0 bridgehead atoms. The number of hydrogen-bond acceptors (Lipinski definition) is 4. The van der Waals surface area contributed by atoms with E-state index in [2.05, 4.69) is 5.32 Å². The highest BCUT2D eigenvalue weighted by atomic mass is 16.5. The van der Waals surface area contributed by atoms with Crippen molar-refractivity contribution < 1.29 is 14.6 Å². The van der Waals surface area contributed by atoms with Gasteiger partial charge in [0.05, 0.1) is 19.3 Å². The Labute approximate surface area is 80.2 Å². The molecule has 2 N–H and O–H groups in total. The van der Waals surface area contributed by atoms with Gasteiger partial charge >= 0.3 is 0 Å². The molecule has 4 nitrogen and oxygen atoms in total. The van der Waals surface area contributed by atoms with Gasteiger partial charge in [-0.2, -0.15) is 0 Å². The summed E-state index contributed by atoms with van der Waals surface area (Å²) >= 11 is 0. The lowest BCUT2D eigenvalue weighted by Gasteiger charge is -2.18. The second-order valence-electron chi connectivity index (χ2n) is 3.10. The standard InChI is InChI=1S/C9H21NO3/c1-8(6-12-3)13-7-9(10-2)4-5-11/h8-11H,4-7H2,1-3H3. The Kier molecular flexibility index (Phi) is 8.33. The molecule has 13 heavy (non-hydrogen) atoms. The molecular formula is C9H21NO3. The largest absolute Gasteiger partial charge is 0.396 e. The summed E-state index contributed by atoms with van der Waals surface area (Å²) in [5.41, 5.74) is 0. The third kappa shape index (κ3) is 6.95. The average Bonchev–Trinajstić information content (AvgIpc) is 2.12.